The summed E-state index contributed by atoms with van der Waals surface area (Å²) in [6.07, 6.45) is 0. The Morgan fingerprint density at radius 1 is 1.11 bits per heavy atom. The maximum absolute atomic E-state index is 13.1. The fourth-order valence-corrected chi connectivity index (χ4v) is 3.74. The molecule has 2 aromatic rings. The van der Waals surface area contributed by atoms with Crippen molar-refractivity contribution in [2.75, 3.05) is 11.4 Å². The number of hydrogen-bond acceptors (Lipinski definition) is 3. The van der Waals surface area contributed by atoms with Crippen LogP contribution in [-0.4, -0.2) is 35.3 Å². The molecule has 3 rings (SSSR count). The minimum Gasteiger partial charge on any atom is -0.319 e. The Morgan fingerprint density at radius 3 is 2.32 bits per heavy atom. The topological polar surface area (TPSA) is 69.7 Å². The molecule has 2 aromatic carbocycles. The number of carbonyl (C=O) groups excluding carboxylic acids is 3. The van der Waals surface area contributed by atoms with Crippen LogP contribution in [-0.2, 0) is 15.1 Å². The molecule has 0 bridgehead atoms. The summed E-state index contributed by atoms with van der Waals surface area (Å²) in [7, 11) is 0. The van der Waals surface area contributed by atoms with Crippen LogP contribution in [0.3, 0.4) is 0 Å². The van der Waals surface area contributed by atoms with Gasteiger partial charge in [-0.15, -0.1) is 0 Å². The van der Waals surface area contributed by atoms with Crippen molar-refractivity contribution in [3.8, 4) is 0 Å². The smallest absolute Gasteiger partial charge is 0.319 e. The molecule has 1 aliphatic rings. The molecule has 28 heavy (non-hydrogen) atoms. The SMILES string of the molecule is CC(C)N(C(=O)CN1C(=O)N[C@@](C)(c2ccccc2Cl)C1=O)c1ccccc1. The monoisotopic (exact) mass is 399 g/mol. The summed E-state index contributed by atoms with van der Waals surface area (Å²) in [4.78, 5) is 41.1. The second kappa shape index (κ2) is 7.64. The maximum atomic E-state index is 13.1. The summed E-state index contributed by atoms with van der Waals surface area (Å²) >= 11 is 6.24. The number of nitrogens with one attached hydrogen (secondary N) is 1. The number of carbonyl (C=O) groups is 3. The lowest BCUT2D eigenvalue weighted by atomic mass is 9.92. The van der Waals surface area contributed by atoms with Crippen molar-refractivity contribution < 1.29 is 14.4 Å². The van der Waals surface area contributed by atoms with Gasteiger partial charge in [-0.05, 0) is 39.0 Å². The van der Waals surface area contributed by atoms with Gasteiger partial charge in [0.25, 0.3) is 5.91 Å². The quantitative estimate of drug-likeness (QED) is 0.781. The van der Waals surface area contributed by atoms with E-state index in [2.05, 4.69) is 5.32 Å². The van der Waals surface area contributed by atoms with Crippen LogP contribution in [0.1, 0.15) is 26.3 Å². The summed E-state index contributed by atoms with van der Waals surface area (Å²) in [5, 5.41) is 3.06. The van der Waals surface area contributed by atoms with Crippen LogP contribution < -0.4 is 10.2 Å². The number of hydrogen-bond donors (Lipinski definition) is 1. The molecule has 0 saturated carbocycles. The van der Waals surface area contributed by atoms with Crippen LogP contribution in [0.25, 0.3) is 0 Å². The van der Waals surface area contributed by atoms with E-state index in [1.165, 1.54) is 0 Å². The molecule has 1 aliphatic heterocycles. The fraction of sp³-hybridized carbons (Fsp3) is 0.286. The van der Waals surface area contributed by atoms with E-state index in [1.54, 1.807) is 36.1 Å². The van der Waals surface area contributed by atoms with E-state index in [0.29, 0.717) is 16.3 Å². The van der Waals surface area contributed by atoms with Crippen molar-refractivity contribution in [2.45, 2.75) is 32.4 Å². The number of amides is 4. The number of urea groups is 1. The van der Waals surface area contributed by atoms with Gasteiger partial charge in [-0.25, -0.2) is 4.79 Å². The van der Waals surface area contributed by atoms with Gasteiger partial charge in [-0.3, -0.25) is 14.5 Å². The number of rotatable bonds is 5. The van der Waals surface area contributed by atoms with Crippen molar-refractivity contribution in [3.63, 3.8) is 0 Å². The summed E-state index contributed by atoms with van der Waals surface area (Å²) in [6, 6.07) is 15.3. The maximum Gasteiger partial charge on any atom is 0.325 e. The van der Waals surface area contributed by atoms with Gasteiger partial charge in [0, 0.05) is 22.3 Å². The first-order chi connectivity index (χ1) is 13.3. The normalized spacial score (nSPS) is 19.1. The second-order valence-corrected chi connectivity index (χ2v) is 7.53. The van der Waals surface area contributed by atoms with E-state index < -0.39 is 17.5 Å². The third-order valence-corrected chi connectivity index (χ3v) is 5.13. The molecule has 146 valence electrons. The van der Waals surface area contributed by atoms with Gasteiger partial charge in [0.05, 0.1) is 0 Å². The van der Waals surface area contributed by atoms with Crippen molar-refractivity contribution in [1.29, 1.82) is 0 Å². The summed E-state index contributed by atoms with van der Waals surface area (Å²) in [5.74, 6) is -0.844. The Hall–Kier alpha value is -2.86. The molecule has 0 spiro atoms. The molecule has 1 fully saturated rings. The largest absolute Gasteiger partial charge is 0.325 e. The molecule has 1 N–H and O–H groups in total. The zero-order valence-corrected chi connectivity index (χ0v) is 16.7. The Morgan fingerprint density at radius 2 is 1.71 bits per heavy atom. The molecule has 0 aliphatic carbocycles. The number of benzene rings is 2. The zero-order valence-electron chi connectivity index (χ0n) is 16.0. The van der Waals surface area contributed by atoms with Gasteiger partial charge in [-0.2, -0.15) is 0 Å². The van der Waals surface area contributed by atoms with Gasteiger partial charge in [0.15, 0.2) is 0 Å². The van der Waals surface area contributed by atoms with Crippen LogP contribution in [0.5, 0.6) is 0 Å². The Bertz CT molecular complexity index is 916. The number of halogens is 1. The Kier molecular flexibility index (Phi) is 5.42. The number of imide groups is 1. The average Bonchev–Trinajstić information content (AvgIpc) is 2.86. The predicted molar refractivity (Wildman–Crippen MR) is 108 cm³/mol. The second-order valence-electron chi connectivity index (χ2n) is 7.12. The van der Waals surface area contributed by atoms with E-state index >= 15 is 0 Å². The van der Waals surface area contributed by atoms with Crippen molar-refractivity contribution >= 4 is 35.1 Å². The lowest BCUT2D eigenvalue weighted by molar-refractivity contribution is -0.134. The van der Waals surface area contributed by atoms with Crippen molar-refractivity contribution in [3.05, 3.63) is 65.2 Å². The first-order valence-electron chi connectivity index (χ1n) is 9.02. The molecular weight excluding hydrogens is 378 g/mol. The Labute approximate surface area is 169 Å². The third-order valence-electron chi connectivity index (χ3n) is 4.80. The number of nitrogens with zero attached hydrogens (tertiary/aromatic N) is 2. The van der Waals surface area contributed by atoms with Gasteiger partial charge in [-0.1, -0.05) is 48.0 Å². The minimum atomic E-state index is -1.31. The molecule has 6 nitrogen and oxygen atoms in total. The molecule has 1 atom stereocenters. The molecule has 0 radical (unpaired) electrons. The third kappa shape index (κ3) is 3.47. The Balaban J connectivity index is 1.86. The van der Waals surface area contributed by atoms with Crippen LogP contribution in [0.4, 0.5) is 10.5 Å². The van der Waals surface area contributed by atoms with E-state index in [0.717, 1.165) is 4.90 Å². The first-order valence-corrected chi connectivity index (χ1v) is 9.39. The summed E-state index contributed by atoms with van der Waals surface area (Å²) in [6.45, 7) is 5.00. The lowest BCUT2D eigenvalue weighted by Gasteiger charge is -2.28. The zero-order chi connectivity index (χ0) is 20.5. The molecule has 7 heteroatoms. The molecule has 1 heterocycles. The standard InChI is InChI=1S/C21H22ClN3O3/c1-14(2)25(15-9-5-4-6-10-15)18(26)13-24-19(27)21(3,23-20(24)28)16-11-7-8-12-17(16)22/h4-12,14H,13H2,1-3H3,(H,23,28)/t21-/m0/s1. The average molecular weight is 400 g/mol. The minimum absolute atomic E-state index is 0.134. The predicted octanol–water partition coefficient (Wildman–Crippen LogP) is 3.55. The highest BCUT2D eigenvalue weighted by molar-refractivity contribution is 6.32. The van der Waals surface area contributed by atoms with Gasteiger partial charge in [0.1, 0.15) is 12.1 Å². The van der Waals surface area contributed by atoms with Crippen molar-refractivity contribution in [1.82, 2.24) is 10.2 Å². The number of anilines is 1. The van der Waals surface area contributed by atoms with E-state index in [1.807, 2.05) is 44.2 Å². The summed E-state index contributed by atoms with van der Waals surface area (Å²) < 4.78 is 0. The van der Waals surface area contributed by atoms with Gasteiger partial charge in [0.2, 0.25) is 5.91 Å². The van der Waals surface area contributed by atoms with Crippen LogP contribution in [0.15, 0.2) is 54.6 Å². The van der Waals surface area contributed by atoms with Crippen LogP contribution in [0, 0.1) is 0 Å². The summed E-state index contributed by atoms with van der Waals surface area (Å²) in [5.41, 5.74) is -0.109. The van der Waals surface area contributed by atoms with E-state index in [-0.39, 0.29) is 18.5 Å². The van der Waals surface area contributed by atoms with Gasteiger partial charge >= 0.3 is 6.03 Å². The van der Waals surface area contributed by atoms with Gasteiger partial charge < -0.3 is 10.2 Å². The molecule has 1 saturated heterocycles. The number of para-hydroxylation sites is 1. The van der Waals surface area contributed by atoms with E-state index in [9.17, 15) is 14.4 Å². The highest BCUT2D eigenvalue weighted by Crippen LogP contribution is 2.33. The van der Waals surface area contributed by atoms with Crippen LogP contribution in [0.2, 0.25) is 5.02 Å². The molecule has 4 amide bonds. The molecule has 0 aromatic heterocycles. The highest BCUT2D eigenvalue weighted by Gasteiger charge is 2.50. The molecule has 0 unspecified atom stereocenters. The fourth-order valence-electron chi connectivity index (χ4n) is 3.42. The highest BCUT2D eigenvalue weighted by atomic mass is 35.5. The van der Waals surface area contributed by atoms with E-state index in [4.69, 9.17) is 11.6 Å². The molecular formula is C21H22ClN3O3. The van der Waals surface area contributed by atoms with Crippen molar-refractivity contribution in [2.24, 2.45) is 0 Å². The van der Waals surface area contributed by atoms with Crippen LogP contribution >= 0.6 is 11.6 Å². The first kappa shape index (κ1) is 19.9. The lowest BCUT2D eigenvalue weighted by Crippen LogP contribution is -2.46.